The van der Waals surface area contributed by atoms with E-state index in [1.807, 2.05) is 20.8 Å². The summed E-state index contributed by atoms with van der Waals surface area (Å²) in [5.41, 5.74) is 0.364. The quantitative estimate of drug-likeness (QED) is 0.641. The second-order valence-electron chi connectivity index (χ2n) is 6.10. The van der Waals surface area contributed by atoms with Crippen LogP contribution in [0.3, 0.4) is 0 Å². The van der Waals surface area contributed by atoms with Crippen molar-refractivity contribution in [2.75, 3.05) is 11.9 Å². The maximum atomic E-state index is 12.6. The van der Waals surface area contributed by atoms with Crippen molar-refractivity contribution in [3.63, 3.8) is 0 Å². The zero-order valence-electron chi connectivity index (χ0n) is 14.1. The summed E-state index contributed by atoms with van der Waals surface area (Å²) in [6, 6.07) is 3.90. The molecule has 0 aliphatic carbocycles. The van der Waals surface area contributed by atoms with Crippen LogP contribution in [-0.4, -0.2) is 32.1 Å². The van der Waals surface area contributed by atoms with E-state index >= 15 is 0 Å². The molecule has 1 atom stereocenters. The van der Waals surface area contributed by atoms with Crippen molar-refractivity contribution in [3.05, 3.63) is 23.8 Å². The molecule has 0 spiro atoms. The molecule has 23 heavy (non-hydrogen) atoms. The van der Waals surface area contributed by atoms with Crippen LogP contribution in [0.4, 0.5) is 5.69 Å². The molecule has 6 nitrogen and oxygen atoms in total. The lowest BCUT2D eigenvalue weighted by Gasteiger charge is -2.18. The highest BCUT2D eigenvalue weighted by molar-refractivity contribution is 7.89. The van der Waals surface area contributed by atoms with Gasteiger partial charge in [-0.1, -0.05) is 27.2 Å². The Labute approximate surface area is 138 Å². The van der Waals surface area contributed by atoms with Gasteiger partial charge in [0.05, 0.1) is 11.3 Å². The van der Waals surface area contributed by atoms with Crippen LogP contribution in [0.5, 0.6) is 0 Å². The Bertz CT molecular complexity index is 641. The van der Waals surface area contributed by atoms with Crippen molar-refractivity contribution in [1.29, 1.82) is 0 Å². The molecule has 0 aliphatic rings. The third-order valence-corrected chi connectivity index (χ3v) is 4.93. The van der Waals surface area contributed by atoms with E-state index in [1.54, 1.807) is 6.92 Å². The Kier molecular flexibility index (Phi) is 7.02. The Balaban J connectivity index is 3.22. The van der Waals surface area contributed by atoms with Gasteiger partial charge < -0.3 is 10.4 Å². The number of sulfonamides is 1. The second kappa shape index (κ2) is 8.31. The van der Waals surface area contributed by atoms with E-state index in [9.17, 15) is 13.2 Å². The number of carbonyl (C=O) groups is 1. The lowest BCUT2D eigenvalue weighted by atomic mass is 10.2. The molecule has 0 saturated carbocycles. The van der Waals surface area contributed by atoms with E-state index in [1.165, 1.54) is 18.2 Å². The standard InChI is InChI=1S/C16H26N2O4S/c1-5-6-12(4)18-23(21,22)15-9-13(16(19)20)7-8-14(15)17-10-11(2)3/h7-9,11-12,17-18H,5-6,10H2,1-4H3,(H,19,20)/t12-/m1/s1. The van der Waals surface area contributed by atoms with Gasteiger partial charge in [0.25, 0.3) is 0 Å². The molecule has 0 heterocycles. The van der Waals surface area contributed by atoms with Crippen molar-refractivity contribution < 1.29 is 18.3 Å². The summed E-state index contributed by atoms with van der Waals surface area (Å²) in [5, 5.41) is 12.2. The summed E-state index contributed by atoms with van der Waals surface area (Å²) in [6.45, 7) is 8.39. The van der Waals surface area contributed by atoms with Gasteiger partial charge in [-0.3, -0.25) is 0 Å². The zero-order valence-corrected chi connectivity index (χ0v) is 14.9. The minimum atomic E-state index is -3.79. The van der Waals surface area contributed by atoms with Crippen LogP contribution in [0.2, 0.25) is 0 Å². The normalized spacial score (nSPS) is 13.1. The monoisotopic (exact) mass is 342 g/mol. The average Bonchev–Trinajstić information content (AvgIpc) is 2.44. The maximum Gasteiger partial charge on any atom is 0.335 e. The molecule has 0 bridgehead atoms. The fourth-order valence-corrected chi connectivity index (χ4v) is 3.64. The summed E-state index contributed by atoms with van der Waals surface area (Å²) in [7, 11) is -3.79. The lowest BCUT2D eigenvalue weighted by Crippen LogP contribution is -2.33. The van der Waals surface area contributed by atoms with Gasteiger partial charge in [0.2, 0.25) is 10.0 Å². The predicted octanol–water partition coefficient (Wildman–Crippen LogP) is 2.92. The molecule has 0 aliphatic heterocycles. The van der Waals surface area contributed by atoms with Gasteiger partial charge >= 0.3 is 5.97 Å². The van der Waals surface area contributed by atoms with E-state index in [0.29, 0.717) is 24.6 Å². The van der Waals surface area contributed by atoms with Crippen LogP contribution in [0.1, 0.15) is 50.9 Å². The van der Waals surface area contributed by atoms with Crippen molar-refractivity contribution in [2.45, 2.75) is 51.5 Å². The molecule has 1 aromatic rings. The van der Waals surface area contributed by atoms with Gasteiger partial charge in [0.15, 0.2) is 0 Å². The van der Waals surface area contributed by atoms with Crippen LogP contribution in [0.25, 0.3) is 0 Å². The van der Waals surface area contributed by atoms with Crippen LogP contribution in [0.15, 0.2) is 23.1 Å². The van der Waals surface area contributed by atoms with E-state index in [2.05, 4.69) is 10.0 Å². The molecular formula is C16H26N2O4S. The first kappa shape index (κ1) is 19.4. The highest BCUT2D eigenvalue weighted by Gasteiger charge is 2.22. The Morgan fingerprint density at radius 2 is 1.91 bits per heavy atom. The van der Waals surface area contributed by atoms with Gasteiger partial charge in [0, 0.05) is 12.6 Å². The summed E-state index contributed by atoms with van der Waals surface area (Å²) >= 11 is 0. The summed E-state index contributed by atoms with van der Waals surface area (Å²) < 4.78 is 27.8. The van der Waals surface area contributed by atoms with Crippen molar-refractivity contribution in [3.8, 4) is 0 Å². The largest absolute Gasteiger partial charge is 0.478 e. The number of benzene rings is 1. The molecule has 0 aromatic heterocycles. The average molecular weight is 342 g/mol. The number of hydrogen-bond donors (Lipinski definition) is 3. The van der Waals surface area contributed by atoms with Crippen LogP contribution in [0, 0.1) is 5.92 Å². The Morgan fingerprint density at radius 3 is 2.43 bits per heavy atom. The van der Waals surface area contributed by atoms with E-state index < -0.39 is 16.0 Å². The number of anilines is 1. The minimum Gasteiger partial charge on any atom is -0.478 e. The molecule has 3 N–H and O–H groups in total. The maximum absolute atomic E-state index is 12.6. The molecule has 0 radical (unpaired) electrons. The van der Waals surface area contributed by atoms with E-state index in [-0.39, 0.29) is 16.5 Å². The van der Waals surface area contributed by atoms with Crippen molar-refractivity contribution in [2.24, 2.45) is 5.92 Å². The predicted molar refractivity (Wildman–Crippen MR) is 91.4 cm³/mol. The lowest BCUT2D eigenvalue weighted by molar-refractivity contribution is 0.0696. The van der Waals surface area contributed by atoms with Crippen LogP contribution in [-0.2, 0) is 10.0 Å². The summed E-state index contributed by atoms with van der Waals surface area (Å²) in [5.74, 6) is -0.824. The summed E-state index contributed by atoms with van der Waals surface area (Å²) in [6.07, 6.45) is 1.57. The van der Waals surface area contributed by atoms with Gasteiger partial charge in [-0.05, 0) is 37.5 Å². The first-order valence-electron chi connectivity index (χ1n) is 7.81. The number of rotatable bonds is 9. The molecule has 0 amide bonds. The van der Waals surface area contributed by atoms with Crippen molar-refractivity contribution in [1.82, 2.24) is 4.72 Å². The fraction of sp³-hybridized carbons (Fsp3) is 0.562. The molecule has 1 rings (SSSR count). The van der Waals surface area contributed by atoms with Crippen molar-refractivity contribution >= 4 is 21.7 Å². The van der Waals surface area contributed by atoms with E-state index in [4.69, 9.17) is 5.11 Å². The highest BCUT2D eigenvalue weighted by Crippen LogP contribution is 2.24. The van der Waals surface area contributed by atoms with Gasteiger partial charge in [-0.2, -0.15) is 0 Å². The highest BCUT2D eigenvalue weighted by atomic mass is 32.2. The van der Waals surface area contributed by atoms with Gasteiger partial charge in [-0.15, -0.1) is 0 Å². The first-order valence-corrected chi connectivity index (χ1v) is 9.29. The molecule has 0 unspecified atom stereocenters. The molecule has 0 saturated heterocycles. The Hall–Kier alpha value is -1.60. The fourth-order valence-electron chi connectivity index (χ4n) is 2.16. The summed E-state index contributed by atoms with van der Waals surface area (Å²) in [4.78, 5) is 11.1. The zero-order chi connectivity index (χ0) is 17.6. The third-order valence-electron chi connectivity index (χ3n) is 3.30. The minimum absolute atomic E-state index is 0.0268. The number of hydrogen-bond acceptors (Lipinski definition) is 4. The first-order chi connectivity index (χ1) is 10.7. The molecule has 130 valence electrons. The number of carboxylic acid groups (broad SMARTS) is 1. The smallest absolute Gasteiger partial charge is 0.335 e. The van der Waals surface area contributed by atoms with Crippen LogP contribution >= 0.6 is 0 Å². The SMILES string of the molecule is CCC[C@@H](C)NS(=O)(=O)c1cc(C(=O)O)ccc1NCC(C)C. The van der Waals surface area contributed by atoms with Crippen LogP contribution < -0.4 is 10.0 Å². The molecular weight excluding hydrogens is 316 g/mol. The topological polar surface area (TPSA) is 95.5 Å². The number of aromatic carboxylic acids is 1. The molecule has 0 fully saturated rings. The van der Waals surface area contributed by atoms with Gasteiger partial charge in [-0.25, -0.2) is 17.9 Å². The molecule has 7 heteroatoms. The van der Waals surface area contributed by atoms with E-state index in [0.717, 1.165) is 6.42 Å². The number of carboxylic acids is 1. The third kappa shape index (κ3) is 5.84. The second-order valence-corrected chi connectivity index (χ2v) is 7.78. The van der Waals surface area contributed by atoms with Gasteiger partial charge in [0.1, 0.15) is 4.90 Å². The Morgan fingerprint density at radius 1 is 1.26 bits per heavy atom. The number of nitrogens with one attached hydrogen (secondary N) is 2. The molecule has 1 aromatic carbocycles.